The van der Waals surface area contributed by atoms with E-state index in [1.54, 1.807) is 29.4 Å². The number of nitrogens with one attached hydrogen (secondary N) is 1. The minimum absolute atomic E-state index is 0.0892. The maximum atomic E-state index is 12.0. The number of para-hydroxylation sites is 2. The van der Waals surface area contributed by atoms with Gasteiger partial charge in [-0.2, -0.15) is 5.10 Å². The molecule has 0 unspecified atom stereocenters. The first-order chi connectivity index (χ1) is 13.5. The maximum absolute atomic E-state index is 12.0. The van der Waals surface area contributed by atoms with Gasteiger partial charge in [-0.05, 0) is 29.8 Å². The number of imidazole rings is 1. The standard InChI is InChI=1S/C19H17N5O3S/c1-23-14-8-7-12(9-15(14)24(2)19(23)26)10-20-22-17(25)11-28-18-21-13-5-3-4-6-16(13)27-18/h3-10H,11H2,1-2H3,(H,22,25). The Labute approximate surface area is 163 Å². The van der Waals surface area contributed by atoms with Crippen LogP contribution in [-0.2, 0) is 18.9 Å². The summed E-state index contributed by atoms with van der Waals surface area (Å²) in [5.41, 5.74) is 6.25. The second-order valence-corrected chi connectivity index (χ2v) is 7.10. The number of benzene rings is 2. The van der Waals surface area contributed by atoms with Gasteiger partial charge < -0.3 is 4.42 Å². The molecule has 2 aromatic carbocycles. The highest BCUT2D eigenvalue weighted by Gasteiger charge is 2.09. The zero-order valence-electron chi connectivity index (χ0n) is 15.2. The molecule has 142 valence electrons. The minimum Gasteiger partial charge on any atom is -0.431 e. The van der Waals surface area contributed by atoms with E-state index in [9.17, 15) is 9.59 Å². The molecular weight excluding hydrogens is 378 g/mol. The number of hydrazone groups is 1. The Kier molecular flexibility index (Phi) is 4.74. The number of oxazole rings is 1. The van der Waals surface area contributed by atoms with E-state index in [1.807, 2.05) is 42.5 Å². The topological polar surface area (TPSA) is 94.4 Å². The summed E-state index contributed by atoms with van der Waals surface area (Å²) in [4.78, 5) is 28.2. The van der Waals surface area contributed by atoms with E-state index in [0.717, 1.165) is 22.1 Å². The first kappa shape index (κ1) is 18.1. The lowest BCUT2D eigenvalue weighted by molar-refractivity contribution is -0.118. The minimum atomic E-state index is -0.267. The van der Waals surface area contributed by atoms with Crippen molar-refractivity contribution in [2.24, 2.45) is 19.2 Å². The van der Waals surface area contributed by atoms with Crippen molar-refractivity contribution in [2.75, 3.05) is 5.75 Å². The zero-order chi connectivity index (χ0) is 19.7. The lowest BCUT2D eigenvalue weighted by Crippen LogP contribution is -2.19. The third-order valence-electron chi connectivity index (χ3n) is 4.30. The van der Waals surface area contributed by atoms with E-state index < -0.39 is 0 Å². The molecule has 0 aliphatic heterocycles. The molecule has 4 aromatic rings. The number of fused-ring (bicyclic) bond motifs is 2. The largest absolute Gasteiger partial charge is 0.431 e. The molecule has 2 heterocycles. The van der Waals surface area contributed by atoms with Gasteiger partial charge >= 0.3 is 5.69 Å². The average Bonchev–Trinajstić information content (AvgIpc) is 3.21. The molecule has 0 radical (unpaired) electrons. The number of aryl methyl sites for hydroxylation is 2. The van der Waals surface area contributed by atoms with Gasteiger partial charge in [-0.25, -0.2) is 15.2 Å². The highest BCUT2D eigenvalue weighted by Crippen LogP contribution is 2.22. The van der Waals surface area contributed by atoms with Crippen LogP contribution >= 0.6 is 11.8 Å². The fourth-order valence-corrected chi connectivity index (χ4v) is 3.49. The molecular formula is C19H17N5O3S. The SMILES string of the molecule is Cn1c(=O)n(C)c2cc(C=NNC(=O)CSc3nc4ccccc4o3)ccc21. The van der Waals surface area contributed by atoms with Crippen molar-refractivity contribution in [3.05, 3.63) is 58.5 Å². The Bertz CT molecular complexity index is 1230. The summed E-state index contributed by atoms with van der Waals surface area (Å²) in [5.74, 6) is -0.132. The Morgan fingerprint density at radius 1 is 1.21 bits per heavy atom. The van der Waals surface area contributed by atoms with E-state index >= 15 is 0 Å². The molecule has 8 nitrogen and oxygen atoms in total. The summed E-state index contributed by atoms with van der Waals surface area (Å²) >= 11 is 1.20. The van der Waals surface area contributed by atoms with Gasteiger partial charge in [-0.3, -0.25) is 13.9 Å². The molecule has 0 saturated carbocycles. The summed E-state index contributed by atoms with van der Waals surface area (Å²) in [7, 11) is 3.45. The zero-order valence-corrected chi connectivity index (χ0v) is 16.1. The molecule has 2 aromatic heterocycles. The van der Waals surface area contributed by atoms with Crippen molar-refractivity contribution >= 4 is 46.0 Å². The number of hydrogen-bond acceptors (Lipinski definition) is 6. The highest BCUT2D eigenvalue weighted by molar-refractivity contribution is 7.99. The average molecular weight is 395 g/mol. The van der Waals surface area contributed by atoms with Gasteiger partial charge in [0.1, 0.15) is 5.52 Å². The number of rotatable bonds is 5. The van der Waals surface area contributed by atoms with Crippen molar-refractivity contribution in [3.63, 3.8) is 0 Å². The lowest BCUT2D eigenvalue weighted by Gasteiger charge is -1.99. The quantitative estimate of drug-likeness (QED) is 0.318. The predicted octanol–water partition coefficient (Wildman–Crippen LogP) is 2.26. The Balaban J connectivity index is 1.37. The molecule has 0 bridgehead atoms. The van der Waals surface area contributed by atoms with E-state index in [0.29, 0.717) is 10.8 Å². The van der Waals surface area contributed by atoms with Crippen molar-refractivity contribution < 1.29 is 9.21 Å². The lowest BCUT2D eigenvalue weighted by atomic mass is 10.2. The van der Waals surface area contributed by atoms with Gasteiger partial charge in [0.05, 0.1) is 23.0 Å². The van der Waals surface area contributed by atoms with Gasteiger partial charge in [-0.1, -0.05) is 30.0 Å². The van der Waals surface area contributed by atoms with Crippen molar-refractivity contribution in [2.45, 2.75) is 5.22 Å². The van der Waals surface area contributed by atoms with Crippen LogP contribution in [0.4, 0.5) is 0 Å². The molecule has 1 N–H and O–H groups in total. The summed E-state index contributed by atoms with van der Waals surface area (Å²) in [5, 5.41) is 4.42. The number of nitrogens with zero attached hydrogens (tertiary/aromatic N) is 4. The summed E-state index contributed by atoms with van der Waals surface area (Å²) < 4.78 is 8.72. The van der Waals surface area contributed by atoms with Gasteiger partial charge in [-0.15, -0.1) is 0 Å². The fourth-order valence-electron chi connectivity index (χ4n) is 2.86. The number of carbonyl (C=O) groups is 1. The van der Waals surface area contributed by atoms with Crippen molar-refractivity contribution in [3.8, 4) is 0 Å². The van der Waals surface area contributed by atoms with E-state index in [1.165, 1.54) is 11.8 Å². The van der Waals surface area contributed by atoms with Crippen LogP contribution in [0.15, 0.2) is 62.0 Å². The molecule has 0 aliphatic rings. The number of thioether (sulfide) groups is 1. The van der Waals surface area contributed by atoms with Gasteiger partial charge in [0.2, 0.25) is 0 Å². The van der Waals surface area contributed by atoms with Crippen LogP contribution in [0.25, 0.3) is 22.1 Å². The molecule has 0 fully saturated rings. The van der Waals surface area contributed by atoms with Gasteiger partial charge in [0, 0.05) is 14.1 Å². The van der Waals surface area contributed by atoms with Crippen LogP contribution in [-0.4, -0.2) is 32.0 Å². The van der Waals surface area contributed by atoms with E-state index in [-0.39, 0.29) is 17.3 Å². The second kappa shape index (κ2) is 7.35. The number of aromatic nitrogens is 3. The fraction of sp³-hybridized carbons (Fsp3) is 0.158. The monoisotopic (exact) mass is 395 g/mol. The predicted molar refractivity (Wildman–Crippen MR) is 109 cm³/mol. The Morgan fingerprint density at radius 2 is 2.00 bits per heavy atom. The highest BCUT2D eigenvalue weighted by atomic mass is 32.2. The molecule has 0 saturated heterocycles. The molecule has 0 aliphatic carbocycles. The Morgan fingerprint density at radius 3 is 2.82 bits per heavy atom. The van der Waals surface area contributed by atoms with Gasteiger partial charge in [0.25, 0.3) is 11.1 Å². The molecule has 0 spiro atoms. The van der Waals surface area contributed by atoms with Crippen LogP contribution in [0.5, 0.6) is 0 Å². The summed E-state index contributed by atoms with van der Waals surface area (Å²) in [6.45, 7) is 0. The van der Waals surface area contributed by atoms with E-state index in [4.69, 9.17) is 4.42 Å². The first-order valence-electron chi connectivity index (χ1n) is 8.48. The number of hydrogen-bond donors (Lipinski definition) is 1. The third kappa shape index (κ3) is 3.44. The number of amides is 1. The molecule has 1 amide bonds. The smallest absolute Gasteiger partial charge is 0.328 e. The van der Waals surface area contributed by atoms with Crippen LogP contribution in [0.1, 0.15) is 5.56 Å². The summed E-state index contributed by atoms with van der Waals surface area (Å²) in [6.07, 6.45) is 1.54. The number of carbonyl (C=O) groups excluding carboxylic acids is 1. The molecule has 4 rings (SSSR count). The van der Waals surface area contributed by atoms with Crippen molar-refractivity contribution in [1.82, 2.24) is 19.5 Å². The van der Waals surface area contributed by atoms with E-state index in [2.05, 4.69) is 15.5 Å². The second-order valence-electron chi connectivity index (χ2n) is 6.18. The van der Waals surface area contributed by atoms with Crippen LogP contribution in [0, 0.1) is 0 Å². The van der Waals surface area contributed by atoms with Crippen molar-refractivity contribution in [1.29, 1.82) is 0 Å². The Hall–Kier alpha value is -3.33. The summed E-state index contributed by atoms with van der Waals surface area (Å²) in [6, 6.07) is 13.0. The van der Waals surface area contributed by atoms with Gasteiger partial charge in [0.15, 0.2) is 5.58 Å². The normalized spacial score (nSPS) is 11.6. The third-order valence-corrected chi connectivity index (χ3v) is 5.13. The molecule has 9 heteroatoms. The molecule has 0 atom stereocenters. The van der Waals surface area contributed by atoms with Crippen LogP contribution in [0.2, 0.25) is 0 Å². The molecule has 28 heavy (non-hydrogen) atoms. The van der Waals surface area contributed by atoms with Crippen LogP contribution in [0.3, 0.4) is 0 Å². The maximum Gasteiger partial charge on any atom is 0.328 e. The first-order valence-corrected chi connectivity index (χ1v) is 9.47. The van der Waals surface area contributed by atoms with Crippen LogP contribution < -0.4 is 11.1 Å².